The van der Waals surface area contributed by atoms with Crippen molar-refractivity contribution >= 4 is 34.6 Å². The highest BCUT2D eigenvalue weighted by Crippen LogP contribution is 2.21. The number of ether oxygens (including phenoxy) is 2. The Morgan fingerprint density at radius 2 is 2.24 bits per heavy atom. The highest BCUT2D eigenvalue weighted by Gasteiger charge is 2.02. The molecule has 1 aromatic carbocycles. The minimum absolute atomic E-state index is 0.370. The van der Waals surface area contributed by atoms with Gasteiger partial charge in [-0.2, -0.15) is 0 Å². The van der Waals surface area contributed by atoms with Gasteiger partial charge in [0.1, 0.15) is 5.75 Å². The molecule has 0 unspecified atom stereocenters. The standard InChI is InChI=1S/C13H15IO3/c1-10-3-4-11(5-6-13(15)16-2)12(9-10)17-8-7-14/h3-6,9H,7-8H2,1-2H3/b6-5+. The number of benzene rings is 1. The number of alkyl halides is 1. The van der Waals surface area contributed by atoms with Gasteiger partial charge in [0, 0.05) is 16.1 Å². The molecule has 3 nitrogen and oxygen atoms in total. The van der Waals surface area contributed by atoms with Crippen LogP contribution in [0.3, 0.4) is 0 Å². The lowest BCUT2D eigenvalue weighted by Crippen LogP contribution is -2.00. The minimum Gasteiger partial charge on any atom is -0.492 e. The number of halogens is 1. The Morgan fingerprint density at radius 1 is 1.47 bits per heavy atom. The Labute approximate surface area is 115 Å². The van der Waals surface area contributed by atoms with Crippen LogP contribution in [-0.2, 0) is 9.53 Å². The first-order chi connectivity index (χ1) is 8.17. The molecular formula is C13H15IO3. The summed E-state index contributed by atoms with van der Waals surface area (Å²) in [4.78, 5) is 11.0. The van der Waals surface area contributed by atoms with E-state index in [4.69, 9.17) is 4.74 Å². The predicted molar refractivity (Wildman–Crippen MR) is 76.6 cm³/mol. The minimum atomic E-state index is -0.370. The van der Waals surface area contributed by atoms with E-state index in [0.717, 1.165) is 21.3 Å². The Hall–Kier alpha value is -1.04. The van der Waals surface area contributed by atoms with Crippen molar-refractivity contribution in [1.29, 1.82) is 0 Å². The largest absolute Gasteiger partial charge is 0.492 e. The lowest BCUT2D eigenvalue weighted by Gasteiger charge is -2.08. The molecule has 0 heterocycles. The summed E-state index contributed by atoms with van der Waals surface area (Å²) in [5.41, 5.74) is 2.01. The molecule has 0 aliphatic rings. The van der Waals surface area contributed by atoms with Crippen molar-refractivity contribution in [1.82, 2.24) is 0 Å². The second kappa shape index (κ2) is 7.32. The molecule has 0 atom stereocenters. The fraction of sp³-hybridized carbons (Fsp3) is 0.308. The molecule has 0 aromatic heterocycles. The summed E-state index contributed by atoms with van der Waals surface area (Å²) < 4.78 is 11.1. The van der Waals surface area contributed by atoms with Gasteiger partial charge in [-0.25, -0.2) is 4.79 Å². The molecule has 0 aliphatic heterocycles. The molecule has 0 saturated heterocycles. The summed E-state index contributed by atoms with van der Waals surface area (Å²) in [6.45, 7) is 2.66. The monoisotopic (exact) mass is 346 g/mol. The maximum Gasteiger partial charge on any atom is 0.330 e. The third-order valence-corrected chi connectivity index (χ3v) is 2.54. The van der Waals surface area contributed by atoms with Crippen LogP contribution in [0.2, 0.25) is 0 Å². The summed E-state index contributed by atoms with van der Waals surface area (Å²) in [6, 6.07) is 5.87. The first-order valence-electron chi connectivity index (χ1n) is 5.23. The molecule has 0 fully saturated rings. The number of methoxy groups -OCH3 is 1. The molecule has 0 aliphatic carbocycles. The van der Waals surface area contributed by atoms with Gasteiger partial charge in [-0.1, -0.05) is 34.7 Å². The third-order valence-electron chi connectivity index (χ3n) is 2.10. The Morgan fingerprint density at radius 3 is 2.88 bits per heavy atom. The van der Waals surface area contributed by atoms with Crippen molar-refractivity contribution in [2.45, 2.75) is 6.92 Å². The van der Waals surface area contributed by atoms with E-state index < -0.39 is 0 Å². The number of esters is 1. The van der Waals surface area contributed by atoms with E-state index in [0.29, 0.717) is 6.61 Å². The predicted octanol–water partition coefficient (Wildman–Crippen LogP) is 3.00. The summed E-state index contributed by atoms with van der Waals surface area (Å²) in [5.74, 6) is 0.423. The van der Waals surface area contributed by atoms with Gasteiger partial charge in [-0.15, -0.1) is 0 Å². The van der Waals surface area contributed by atoms with Gasteiger partial charge < -0.3 is 9.47 Å². The van der Waals surface area contributed by atoms with Crippen LogP contribution in [0, 0.1) is 6.92 Å². The highest BCUT2D eigenvalue weighted by atomic mass is 127. The highest BCUT2D eigenvalue weighted by molar-refractivity contribution is 14.1. The fourth-order valence-corrected chi connectivity index (χ4v) is 1.50. The molecule has 0 amide bonds. The van der Waals surface area contributed by atoms with Crippen LogP contribution >= 0.6 is 22.6 Å². The van der Waals surface area contributed by atoms with Crippen LogP contribution in [0.4, 0.5) is 0 Å². The first-order valence-corrected chi connectivity index (χ1v) is 6.75. The Bertz CT molecular complexity index is 413. The SMILES string of the molecule is COC(=O)/C=C/c1ccc(C)cc1OCCI. The van der Waals surface area contributed by atoms with Crippen LogP contribution in [0.15, 0.2) is 24.3 Å². The summed E-state index contributed by atoms with van der Waals surface area (Å²) >= 11 is 2.26. The summed E-state index contributed by atoms with van der Waals surface area (Å²) in [6.07, 6.45) is 3.09. The average molecular weight is 346 g/mol. The second-order valence-corrected chi connectivity index (χ2v) is 4.51. The summed E-state index contributed by atoms with van der Waals surface area (Å²) in [7, 11) is 1.36. The van der Waals surface area contributed by atoms with E-state index >= 15 is 0 Å². The average Bonchev–Trinajstić information content (AvgIpc) is 2.34. The molecule has 0 bridgehead atoms. The van der Waals surface area contributed by atoms with Gasteiger partial charge in [0.25, 0.3) is 0 Å². The first kappa shape index (κ1) is 14.0. The number of aryl methyl sites for hydroxylation is 1. The Balaban J connectivity index is 2.89. The van der Waals surface area contributed by atoms with Crippen LogP contribution in [0.25, 0.3) is 6.08 Å². The molecule has 0 radical (unpaired) electrons. The number of carbonyl (C=O) groups excluding carboxylic acids is 1. The van der Waals surface area contributed by atoms with E-state index in [1.54, 1.807) is 6.08 Å². The lowest BCUT2D eigenvalue weighted by atomic mass is 10.1. The third kappa shape index (κ3) is 4.77. The van der Waals surface area contributed by atoms with E-state index in [2.05, 4.69) is 27.3 Å². The van der Waals surface area contributed by atoms with E-state index in [-0.39, 0.29) is 5.97 Å². The molecule has 1 aromatic rings. The molecule has 0 N–H and O–H groups in total. The second-order valence-electron chi connectivity index (χ2n) is 3.44. The molecule has 4 heteroatoms. The van der Waals surface area contributed by atoms with Crippen LogP contribution in [0.1, 0.15) is 11.1 Å². The number of hydrogen-bond acceptors (Lipinski definition) is 3. The van der Waals surface area contributed by atoms with E-state index in [9.17, 15) is 4.79 Å². The van der Waals surface area contributed by atoms with Gasteiger partial charge >= 0.3 is 5.97 Å². The maximum absolute atomic E-state index is 11.0. The number of rotatable bonds is 5. The maximum atomic E-state index is 11.0. The van der Waals surface area contributed by atoms with Crippen molar-refractivity contribution < 1.29 is 14.3 Å². The number of carbonyl (C=O) groups is 1. The van der Waals surface area contributed by atoms with Gasteiger partial charge in [0.2, 0.25) is 0 Å². The molecule has 92 valence electrons. The topological polar surface area (TPSA) is 35.5 Å². The van der Waals surface area contributed by atoms with Gasteiger partial charge in [0.15, 0.2) is 0 Å². The van der Waals surface area contributed by atoms with Gasteiger partial charge in [-0.3, -0.25) is 0 Å². The number of hydrogen-bond donors (Lipinski definition) is 0. The van der Waals surface area contributed by atoms with Crippen molar-refractivity contribution in [2.75, 3.05) is 18.1 Å². The van der Waals surface area contributed by atoms with Gasteiger partial charge in [-0.05, 0) is 24.6 Å². The Kier molecular flexibility index (Phi) is 6.04. The lowest BCUT2D eigenvalue weighted by molar-refractivity contribution is -0.134. The quantitative estimate of drug-likeness (QED) is 0.356. The van der Waals surface area contributed by atoms with Crippen molar-refractivity contribution in [3.05, 3.63) is 35.4 Å². The normalized spacial score (nSPS) is 10.5. The molecule has 0 spiro atoms. The van der Waals surface area contributed by atoms with E-state index in [1.807, 2.05) is 25.1 Å². The molecule has 0 saturated carbocycles. The zero-order chi connectivity index (χ0) is 12.7. The van der Waals surface area contributed by atoms with Crippen molar-refractivity contribution in [3.8, 4) is 5.75 Å². The van der Waals surface area contributed by atoms with Gasteiger partial charge in [0.05, 0.1) is 13.7 Å². The van der Waals surface area contributed by atoms with Crippen LogP contribution in [-0.4, -0.2) is 24.1 Å². The van der Waals surface area contributed by atoms with Crippen molar-refractivity contribution in [2.24, 2.45) is 0 Å². The molecule has 1 rings (SSSR count). The molecule has 17 heavy (non-hydrogen) atoms. The smallest absolute Gasteiger partial charge is 0.330 e. The van der Waals surface area contributed by atoms with Crippen LogP contribution in [0.5, 0.6) is 5.75 Å². The molecular weight excluding hydrogens is 331 g/mol. The van der Waals surface area contributed by atoms with Crippen molar-refractivity contribution in [3.63, 3.8) is 0 Å². The van der Waals surface area contributed by atoms with E-state index in [1.165, 1.54) is 13.2 Å². The zero-order valence-electron chi connectivity index (χ0n) is 9.90. The fourth-order valence-electron chi connectivity index (χ4n) is 1.28. The zero-order valence-corrected chi connectivity index (χ0v) is 12.1. The summed E-state index contributed by atoms with van der Waals surface area (Å²) in [5, 5.41) is 0. The van der Waals surface area contributed by atoms with Crippen LogP contribution < -0.4 is 4.74 Å².